The van der Waals surface area contributed by atoms with Crippen LogP contribution in [0.4, 0.5) is 0 Å². The molecule has 170 valence electrons. The van der Waals surface area contributed by atoms with Gasteiger partial charge in [-0.2, -0.15) is 0 Å². The summed E-state index contributed by atoms with van der Waals surface area (Å²) in [6, 6.07) is 32.4. The molecule has 1 heterocycles. The van der Waals surface area contributed by atoms with Crippen LogP contribution >= 0.6 is 0 Å². The molecule has 0 aliphatic carbocycles. The van der Waals surface area contributed by atoms with E-state index in [1.54, 1.807) is 42.5 Å². The van der Waals surface area contributed by atoms with Crippen molar-refractivity contribution in [3.63, 3.8) is 0 Å². The van der Waals surface area contributed by atoms with Gasteiger partial charge in [0.2, 0.25) is 0 Å². The first-order valence-electron chi connectivity index (χ1n) is 11.1. The summed E-state index contributed by atoms with van der Waals surface area (Å²) in [6.07, 6.45) is 1.54. The van der Waals surface area contributed by atoms with Crippen molar-refractivity contribution in [1.29, 1.82) is 0 Å². The van der Waals surface area contributed by atoms with Crippen LogP contribution in [0.3, 0.4) is 0 Å². The average Bonchev–Trinajstić information content (AvgIpc) is 3.30. The quantitative estimate of drug-likeness (QED) is 0.358. The summed E-state index contributed by atoms with van der Waals surface area (Å²) in [4.78, 5) is 26.0. The summed E-state index contributed by atoms with van der Waals surface area (Å²) >= 11 is 0. The molecule has 0 atom stereocenters. The molecular weight excluding hydrogens is 424 g/mol. The number of rotatable bonds is 8. The van der Waals surface area contributed by atoms with Crippen LogP contribution < -0.4 is 10.6 Å². The van der Waals surface area contributed by atoms with Crippen molar-refractivity contribution in [1.82, 2.24) is 10.6 Å². The van der Waals surface area contributed by atoms with E-state index in [1.807, 2.05) is 73.7 Å². The van der Waals surface area contributed by atoms with Gasteiger partial charge in [-0.15, -0.1) is 0 Å². The third-order valence-corrected chi connectivity index (χ3v) is 5.45. The van der Waals surface area contributed by atoms with Crippen molar-refractivity contribution in [2.24, 2.45) is 0 Å². The van der Waals surface area contributed by atoms with Gasteiger partial charge in [-0.05, 0) is 42.3 Å². The van der Waals surface area contributed by atoms with Gasteiger partial charge in [-0.3, -0.25) is 9.59 Å². The number of furan rings is 1. The molecule has 0 fully saturated rings. The lowest BCUT2D eigenvalue weighted by molar-refractivity contribution is -0.117. The van der Waals surface area contributed by atoms with Crippen molar-refractivity contribution in [3.8, 4) is 0 Å². The van der Waals surface area contributed by atoms with Gasteiger partial charge in [0.25, 0.3) is 11.8 Å². The molecule has 0 aliphatic rings. The molecule has 0 radical (unpaired) electrons. The van der Waals surface area contributed by atoms with Gasteiger partial charge in [0, 0.05) is 24.1 Å². The van der Waals surface area contributed by atoms with Crippen LogP contribution in [0.15, 0.2) is 113 Å². The number of carbonyl (C=O) groups is 2. The second kappa shape index (κ2) is 11.0. The summed E-state index contributed by atoms with van der Waals surface area (Å²) in [5.41, 5.74) is 2.76. The van der Waals surface area contributed by atoms with E-state index in [-0.39, 0.29) is 17.5 Å². The Balaban J connectivity index is 1.56. The third-order valence-electron chi connectivity index (χ3n) is 5.45. The van der Waals surface area contributed by atoms with Gasteiger partial charge in [0.1, 0.15) is 17.2 Å². The molecule has 0 saturated heterocycles. The Hall–Kier alpha value is -4.38. The highest BCUT2D eigenvalue weighted by atomic mass is 16.3. The first-order valence-corrected chi connectivity index (χ1v) is 11.1. The summed E-state index contributed by atoms with van der Waals surface area (Å²) in [7, 11) is 0. The van der Waals surface area contributed by atoms with Crippen LogP contribution in [-0.4, -0.2) is 18.4 Å². The van der Waals surface area contributed by atoms with Crippen LogP contribution in [0.2, 0.25) is 0 Å². The molecule has 0 saturated carbocycles. The molecule has 5 nitrogen and oxygen atoms in total. The van der Waals surface area contributed by atoms with E-state index in [2.05, 4.69) is 10.6 Å². The smallest absolute Gasteiger partial charge is 0.267 e. The third kappa shape index (κ3) is 5.90. The maximum Gasteiger partial charge on any atom is 0.267 e. The van der Waals surface area contributed by atoms with Gasteiger partial charge in [0.05, 0.1) is 0 Å². The van der Waals surface area contributed by atoms with Crippen molar-refractivity contribution in [2.75, 3.05) is 6.54 Å². The molecule has 2 amide bonds. The van der Waals surface area contributed by atoms with Crippen molar-refractivity contribution < 1.29 is 14.0 Å². The lowest BCUT2D eigenvalue weighted by Gasteiger charge is -2.19. The summed E-state index contributed by atoms with van der Waals surface area (Å²) in [5.74, 6) is 0.402. The van der Waals surface area contributed by atoms with E-state index >= 15 is 0 Å². The van der Waals surface area contributed by atoms with E-state index < -0.39 is 5.91 Å². The van der Waals surface area contributed by atoms with Crippen LogP contribution in [-0.2, 0) is 4.79 Å². The Morgan fingerprint density at radius 1 is 0.794 bits per heavy atom. The molecule has 4 rings (SSSR count). The average molecular weight is 451 g/mol. The van der Waals surface area contributed by atoms with E-state index in [1.165, 1.54) is 0 Å². The number of benzene rings is 3. The first-order chi connectivity index (χ1) is 16.6. The number of amides is 2. The molecule has 0 spiro atoms. The van der Waals surface area contributed by atoms with E-state index in [4.69, 9.17) is 4.42 Å². The minimum Gasteiger partial charge on any atom is -0.462 e. The molecule has 4 aromatic rings. The summed E-state index contributed by atoms with van der Waals surface area (Å²) in [6.45, 7) is 2.19. The van der Waals surface area contributed by atoms with E-state index in [0.29, 0.717) is 23.6 Å². The Labute approximate surface area is 199 Å². The van der Waals surface area contributed by atoms with E-state index in [0.717, 1.165) is 11.1 Å². The summed E-state index contributed by atoms with van der Waals surface area (Å²) < 4.78 is 5.61. The normalized spacial score (nSPS) is 11.3. The fourth-order valence-corrected chi connectivity index (χ4v) is 3.70. The second-order valence-electron chi connectivity index (χ2n) is 7.91. The van der Waals surface area contributed by atoms with Gasteiger partial charge in [-0.25, -0.2) is 0 Å². The molecule has 0 aliphatic heterocycles. The van der Waals surface area contributed by atoms with Crippen molar-refractivity contribution in [2.45, 2.75) is 12.8 Å². The predicted octanol–water partition coefficient (Wildman–Crippen LogP) is 5.31. The highest BCUT2D eigenvalue weighted by molar-refractivity contribution is 6.05. The fraction of sp³-hybridized carbons (Fsp3) is 0.103. The standard InChI is InChI=1S/C29H26N2O3/c1-21-17-18-25(34-21)19-27(31-28(32)24-15-9-4-10-16-24)29(33)30-20-26(22-11-5-2-6-12-22)23-13-7-3-8-14-23/h2-19,26H,20H2,1H3,(H,30,33)(H,31,32)/b27-19+. The van der Waals surface area contributed by atoms with Gasteiger partial charge in [-0.1, -0.05) is 78.9 Å². The zero-order valence-corrected chi connectivity index (χ0v) is 18.9. The zero-order chi connectivity index (χ0) is 23.8. The predicted molar refractivity (Wildman–Crippen MR) is 133 cm³/mol. The molecule has 5 heteroatoms. The Kier molecular flexibility index (Phi) is 7.35. The minimum atomic E-state index is -0.393. The molecule has 0 bridgehead atoms. The number of hydrogen-bond acceptors (Lipinski definition) is 3. The largest absolute Gasteiger partial charge is 0.462 e. The SMILES string of the molecule is Cc1ccc(/C=C(/NC(=O)c2ccccc2)C(=O)NCC(c2ccccc2)c2ccccc2)o1. The molecule has 1 aromatic heterocycles. The van der Waals surface area contributed by atoms with Gasteiger partial charge < -0.3 is 15.1 Å². The van der Waals surface area contributed by atoms with Gasteiger partial charge >= 0.3 is 0 Å². The minimum absolute atomic E-state index is 0.0386. The molecular formula is C29H26N2O3. The van der Waals surface area contributed by atoms with Crippen LogP contribution in [0, 0.1) is 6.92 Å². The van der Waals surface area contributed by atoms with Crippen LogP contribution in [0.25, 0.3) is 6.08 Å². The lowest BCUT2D eigenvalue weighted by atomic mass is 9.91. The maximum absolute atomic E-state index is 13.3. The van der Waals surface area contributed by atoms with E-state index in [9.17, 15) is 9.59 Å². The monoisotopic (exact) mass is 450 g/mol. The topological polar surface area (TPSA) is 71.3 Å². The lowest BCUT2D eigenvalue weighted by Crippen LogP contribution is -2.37. The van der Waals surface area contributed by atoms with Crippen LogP contribution in [0.1, 0.15) is 38.9 Å². The summed E-state index contributed by atoms with van der Waals surface area (Å²) in [5, 5.41) is 5.74. The zero-order valence-electron chi connectivity index (χ0n) is 18.9. The highest BCUT2D eigenvalue weighted by Gasteiger charge is 2.19. The Bertz CT molecular complexity index is 1220. The van der Waals surface area contributed by atoms with Crippen molar-refractivity contribution >= 4 is 17.9 Å². The number of hydrogen-bond donors (Lipinski definition) is 2. The maximum atomic E-state index is 13.3. The molecule has 2 N–H and O–H groups in total. The number of carbonyl (C=O) groups excluding carboxylic acids is 2. The fourth-order valence-electron chi connectivity index (χ4n) is 3.70. The molecule has 34 heavy (non-hydrogen) atoms. The molecule has 3 aromatic carbocycles. The molecule has 0 unspecified atom stereocenters. The Morgan fingerprint density at radius 2 is 1.35 bits per heavy atom. The first kappa shape index (κ1) is 22.8. The van der Waals surface area contributed by atoms with Crippen LogP contribution in [0.5, 0.6) is 0 Å². The number of nitrogens with one attached hydrogen (secondary N) is 2. The van der Waals surface area contributed by atoms with Gasteiger partial charge in [0.15, 0.2) is 0 Å². The highest BCUT2D eigenvalue weighted by Crippen LogP contribution is 2.24. The second-order valence-corrected chi connectivity index (χ2v) is 7.91. The number of aryl methyl sites for hydroxylation is 1. The Morgan fingerprint density at radius 3 is 1.88 bits per heavy atom. The van der Waals surface area contributed by atoms with Crippen molar-refractivity contribution in [3.05, 3.63) is 137 Å².